The molecule has 0 aliphatic rings. The molecule has 2 aromatic heterocycles. The first-order chi connectivity index (χ1) is 14.0. The minimum atomic E-state index is -0.581. The summed E-state index contributed by atoms with van der Waals surface area (Å²) < 4.78 is 6.76. The number of hydrogen-bond donors (Lipinski definition) is 1. The zero-order chi connectivity index (χ0) is 20.8. The first-order valence-electron chi connectivity index (χ1n) is 8.86. The van der Waals surface area contributed by atoms with Gasteiger partial charge in [-0.25, -0.2) is 10.2 Å². The average molecular weight is 409 g/mol. The summed E-state index contributed by atoms with van der Waals surface area (Å²) in [5.41, 5.74) is 2.70. The first kappa shape index (κ1) is 20.2. The van der Waals surface area contributed by atoms with E-state index in [0.29, 0.717) is 16.2 Å². The van der Waals surface area contributed by atoms with E-state index in [9.17, 15) is 14.4 Å². The lowest BCUT2D eigenvalue weighted by molar-refractivity contribution is 0.0739. The third kappa shape index (κ3) is 5.05. The molecule has 0 saturated heterocycles. The Kier molecular flexibility index (Phi) is 6.36. The Labute approximate surface area is 171 Å². The van der Waals surface area contributed by atoms with E-state index in [2.05, 4.69) is 10.5 Å². The Morgan fingerprint density at radius 1 is 1.14 bits per heavy atom. The zero-order valence-corrected chi connectivity index (χ0v) is 16.7. The van der Waals surface area contributed by atoms with E-state index in [0.717, 1.165) is 0 Å². The van der Waals surface area contributed by atoms with Crippen LogP contribution in [-0.2, 0) is 0 Å². The van der Waals surface area contributed by atoms with Crippen LogP contribution >= 0.6 is 11.3 Å². The second-order valence-electron chi connectivity index (χ2n) is 6.36. The number of carbonyl (C=O) groups excluding carboxylic acids is 2. The number of pyridine rings is 1. The van der Waals surface area contributed by atoms with Crippen molar-refractivity contribution in [2.24, 2.45) is 5.10 Å². The van der Waals surface area contributed by atoms with Crippen LogP contribution in [-0.4, -0.2) is 22.7 Å². The maximum absolute atomic E-state index is 12.3. The summed E-state index contributed by atoms with van der Waals surface area (Å²) in [5, 5.41) is 5.69. The first-order valence-corrected chi connectivity index (χ1v) is 9.74. The Morgan fingerprint density at radius 2 is 1.90 bits per heavy atom. The molecular formula is C21H19N3O4S. The molecule has 0 fully saturated rings. The molecule has 29 heavy (non-hydrogen) atoms. The maximum atomic E-state index is 12.3. The summed E-state index contributed by atoms with van der Waals surface area (Å²) in [4.78, 5) is 37.0. The van der Waals surface area contributed by atoms with Gasteiger partial charge in [-0.2, -0.15) is 5.10 Å². The van der Waals surface area contributed by atoms with Crippen LogP contribution in [0.4, 0.5) is 0 Å². The maximum Gasteiger partial charge on any atom is 0.353 e. The Hall–Kier alpha value is -3.52. The fraction of sp³-hybridized carbons (Fsp3) is 0.143. The Balaban J connectivity index is 1.61. The van der Waals surface area contributed by atoms with Gasteiger partial charge in [-0.3, -0.25) is 9.59 Å². The number of carbonyl (C=O) groups is 2. The van der Waals surface area contributed by atoms with Crippen LogP contribution < -0.4 is 15.7 Å². The molecule has 0 radical (unpaired) electrons. The van der Waals surface area contributed by atoms with Gasteiger partial charge in [-0.15, -0.1) is 11.3 Å². The smallest absolute Gasteiger partial charge is 0.353 e. The zero-order valence-electron chi connectivity index (χ0n) is 15.9. The van der Waals surface area contributed by atoms with Crippen molar-refractivity contribution in [1.29, 1.82) is 0 Å². The summed E-state index contributed by atoms with van der Waals surface area (Å²) in [6.45, 7) is 3.73. The van der Waals surface area contributed by atoms with Crippen LogP contribution in [0.25, 0.3) is 0 Å². The fourth-order valence-electron chi connectivity index (χ4n) is 2.49. The number of nitrogens with zero attached hydrogens (tertiary/aromatic N) is 2. The number of benzene rings is 1. The van der Waals surface area contributed by atoms with Gasteiger partial charge < -0.3 is 9.30 Å². The van der Waals surface area contributed by atoms with Crippen LogP contribution in [0.5, 0.6) is 5.75 Å². The van der Waals surface area contributed by atoms with E-state index in [1.165, 1.54) is 28.2 Å². The topological polar surface area (TPSA) is 89.8 Å². The Bertz CT molecular complexity index is 1080. The fourth-order valence-corrected chi connectivity index (χ4v) is 3.09. The highest BCUT2D eigenvalue weighted by atomic mass is 32.1. The lowest BCUT2D eigenvalue weighted by atomic mass is 10.2. The molecule has 3 aromatic rings. The summed E-state index contributed by atoms with van der Waals surface area (Å²) in [7, 11) is 0. The summed E-state index contributed by atoms with van der Waals surface area (Å²) in [6.07, 6.45) is 3.08. The van der Waals surface area contributed by atoms with Gasteiger partial charge >= 0.3 is 5.97 Å². The second kappa shape index (κ2) is 9.11. The van der Waals surface area contributed by atoms with Crippen molar-refractivity contribution in [1.82, 2.24) is 9.99 Å². The third-order valence-corrected chi connectivity index (χ3v) is 4.82. The molecule has 0 aliphatic carbocycles. The molecule has 8 heteroatoms. The van der Waals surface area contributed by atoms with Gasteiger partial charge in [0.05, 0.1) is 6.21 Å². The number of esters is 1. The largest absolute Gasteiger partial charge is 0.422 e. The van der Waals surface area contributed by atoms with Crippen LogP contribution in [0.15, 0.2) is 70.0 Å². The number of nitrogens with one attached hydrogen (secondary N) is 1. The van der Waals surface area contributed by atoms with Crippen molar-refractivity contribution in [2.75, 3.05) is 0 Å². The number of aromatic nitrogens is 1. The molecule has 3 rings (SSSR count). The molecule has 0 aliphatic heterocycles. The summed E-state index contributed by atoms with van der Waals surface area (Å²) in [6, 6.07) is 13.2. The number of hydrogen-bond acceptors (Lipinski definition) is 6. The number of thiophene rings is 1. The van der Waals surface area contributed by atoms with Crippen molar-refractivity contribution in [3.05, 3.63) is 86.5 Å². The van der Waals surface area contributed by atoms with Crippen molar-refractivity contribution < 1.29 is 14.3 Å². The van der Waals surface area contributed by atoms with Gasteiger partial charge in [-0.1, -0.05) is 6.07 Å². The van der Waals surface area contributed by atoms with Gasteiger partial charge in [0.25, 0.3) is 11.5 Å². The lowest BCUT2D eigenvalue weighted by Crippen LogP contribution is -2.31. The van der Waals surface area contributed by atoms with E-state index in [-0.39, 0.29) is 17.2 Å². The monoisotopic (exact) mass is 409 g/mol. The van der Waals surface area contributed by atoms with Gasteiger partial charge in [0.15, 0.2) is 0 Å². The van der Waals surface area contributed by atoms with E-state index < -0.39 is 11.9 Å². The van der Waals surface area contributed by atoms with Crippen LogP contribution in [0.1, 0.15) is 45.5 Å². The van der Waals surface area contributed by atoms with E-state index in [1.807, 2.05) is 13.8 Å². The van der Waals surface area contributed by atoms with Crippen LogP contribution in [0.2, 0.25) is 0 Å². The van der Waals surface area contributed by atoms with Gasteiger partial charge in [-0.05, 0) is 67.3 Å². The van der Waals surface area contributed by atoms with Crippen molar-refractivity contribution in [3.63, 3.8) is 0 Å². The molecule has 2 heterocycles. The molecule has 7 nitrogen and oxygen atoms in total. The molecular weight excluding hydrogens is 390 g/mol. The normalized spacial score (nSPS) is 11.0. The summed E-state index contributed by atoms with van der Waals surface area (Å²) >= 11 is 1.31. The molecule has 1 aromatic carbocycles. The average Bonchev–Trinajstić information content (AvgIpc) is 3.24. The molecule has 0 unspecified atom stereocenters. The van der Waals surface area contributed by atoms with Gasteiger partial charge in [0, 0.05) is 12.2 Å². The van der Waals surface area contributed by atoms with Crippen molar-refractivity contribution >= 4 is 29.4 Å². The molecule has 0 bridgehead atoms. The second-order valence-corrected chi connectivity index (χ2v) is 7.31. The Morgan fingerprint density at radius 3 is 2.55 bits per heavy atom. The minimum absolute atomic E-state index is 0.0224. The minimum Gasteiger partial charge on any atom is -0.422 e. The predicted octanol–water partition coefficient (Wildman–Crippen LogP) is 3.47. The highest BCUT2D eigenvalue weighted by molar-refractivity contribution is 7.12. The molecule has 0 atom stereocenters. The summed E-state index contributed by atoms with van der Waals surface area (Å²) in [5.74, 6) is -0.588. The number of amides is 1. The molecule has 1 N–H and O–H groups in total. The highest BCUT2D eigenvalue weighted by Gasteiger charge is 2.12. The number of ether oxygens (including phenoxy) is 1. The quantitative estimate of drug-likeness (QED) is 0.292. The van der Waals surface area contributed by atoms with Gasteiger partial charge in [0.2, 0.25) is 0 Å². The number of hydrazone groups is 1. The van der Waals surface area contributed by atoms with Crippen molar-refractivity contribution in [2.45, 2.75) is 19.9 Å². The standard InChI is InChI=1S/C21H19N3O4S/c1-14(2)24-11-3-5-17(20(24)26)19(25)23-22-13-15-7-9-16(10-8-15)28-21(27)18-6-4-12-29-18/h3-14H,1-2H3,(H,23,25)/b22-13-. The van der Waals surface area contributed by atoms with E-state index >= 15 is 0 Å². The van der Waals surface area contributed by atoms with E-state index in [4.69, 9.17) is 4.74 Å². The third-order valence-electron chi connectivity index (χ3n) is 3.97. The molecule has 0 spiro atoms. The van der Waals surface area contributed by atoms with Gasteiger partial charge in [0.1, 0.15) is 16.2 Å². The molecule has 0 saturated carbocycles. The van der Waals surface area contributed by atoms with Crippen LogP contribution in [0, 0.1) is 0 Å². The molecule has 1 amide bonds. The molecule has 148 valence electrons. The number of rotatable bonds is 6. The highest BCUT2D eigenvalue weighted by Crippen LogP contribution is 2.16. The predicted molar refractivity (Wildman–Crippen MR) is 112 cm³/mol. The van der Waals surface area contributed by atoms with Crippen LogP contribution in [0.3, 0.4) is 0 Å². The van der Waals surface area contributed by atoms with Crippen molar-refractivity contribution in [3.8, 4) is 5.75 Å². The van der Waals surface area contributed by atoms with E-state index in [1.54, 1.807) is 54.0 Å². The SMILES string of the molecule is CC(C)n1cccc(C(=O)N/N=C\c2ccc(OC(=O)c3cccs3)cc2)c1=O. The lowest BCUT2D eigenvalue weighted by Gasteiger charge is -2.10.